The molecule has 1 aliphatic heterocycles. The van der Waals surface area contributed by atoms with Crippen LogP contribution < -0.4 is 0 Å². The summed E-state index contributed by atoms with van der Waals surface area (Å²) in [5.74, 6) is -0.370. The average Bonchev–Trinajstić information content (AvgIpc) is 3.03. The zero-order valence-corrected chi connectivity index (χ0v) is 12.8. The summed E-state index contributed by atoms with van der Waals surface area (Å²) in [6, 6.07) is 10.4. The summed E-state index contributed by atoms with van der Waals surface area (Å²) in [6.45, 7) is 2.98. The van der Waals surface area contributed by atoms with E-state index in [9.17, 15) is 4.39 Å². The number of hydrogen-bond donors (Lipinski definition) is 0. The molecule has 1 unspecified atom stereocenters. The van der Waals surface area contributed by atoms with Crippen LogP contribution in [0.25, 0.3) is 0 Å². The van der Waals surface area contributed by atoms with E-state index in [1.165, 1.54) is 12.1 Å². The molecule has 1 aromatic carbocycles. The number of benzene rings is 1. The molecular weight excluding hydrogens is 293 g/mol. The monoisotopic (exact) mass is 311 g/mol. The maximum Gasteiger partial charge on any atom is 0.124 e. The van der Waals surface area contributed by atoms with Crippen molar-refractivity contribution < 1.29 is 9.13 Å². The number of halogens is 1. The van der Waals surface area contributed by atoms with Crippen LogP contribution in [-0.4, -0.2) is 29.1 Å². The first-order chi connectivity index (χ1) is 11.2. The highest BCUT2D eigenvalue weighted by Gasteiger charge is 2.23. The van der Waals surface area contributed by atoms with E-state index < -0.39 is 0 Å². The van der Waals surface area contributed by atoms with Gasteiger partial charge in [-0.1, -0.05) is 6.07 Å². The minimum absolute atomic E-state index is 0.189. The van der Waals surface area contributed by atoms with Gasteiger partial charge in [-0.3, -0.25) is 9.88 Å². The van der Waals surface area contributed by atoms with E-state index in [2.05, 4.69) is 16.0 Å². The summed E-state index contributed by atoms with van der Waals surface area (Å²) in [6.07, 6.45) is 4.68. The largest absolute Gasteiger partial charge is 0.372 e. The second kappa shape index (κ2) is 7.32. The Morgan fingerprint density at radius 1 is 1.30 bits per heavy atom. The highest BCUT2D eigenvalue weighted by molar-refractivity contribution is 5.37. The van der Waals surface area contributed by atoms with Gasteiger partial charge >= 0.3 is 0 Å². The molecule has 0 radical (unpaired) electrons. The van der Waals surface area contributed by atoms with Crippen LogP contribution in [0.5, 0.6) is 0 Å². The summed E-state index contributed by atoms with van der Waals surface area (Å²) in [4.78, 5) is 6.23. The quantitative estimate of drug-likeness (QED) is 0.852. The van der Waals surface area contributed by atoms with Crippen molar-refractivity contribution in [1.82, 2.24) is 9.88 Å². The van der Waals surface area contributed by atoms with Crippen LogP contribution >= 0.6 is 0 Å². The van der Waals surface area contributed by atoms with Gasteiger partial charge in [0.25, 0.3) is 0 Å². The lowest BCUT2D eigenvalue weighted by Crippen LogP contribution is -2.23. The van der Waals surface area contributed by atoms with Crippen molar-refractivity contribution in [3.8, 4) is 6.07 Å². The van der Waals surface area contributed by atoms with Crippen molar-refractivity contribution in [3.05, 3.63) is 65.2 Å². The van der Waals surface area contributed by atoms with E-state index in [1.807, 2.05) is 12.1 Å². The molecule has 118 valence electrons. The third-order valence-electron chi connectivity index (χ3n) is 4.05. The van der Waals surface area contributed by atoms with Gasteiger partial charge in [0.1, 0.15) is 5.82 Å². The van der Waals surface area contributed by atoms with Gasteiger partial charge in [0, 0.05) is 32.0 Å². The molecule has 23 heavy (non-hydrogen) atoms. The van der Waals surface area contributed by atoms with Gasteiger partial charge in [-0.2, -0.15) is 5.26 Å². The first kappa shape index (κ1) is 15.6. The smallest absolute Gasteiger partial charge is 0.124 e. The fourth-order valence-electron chi connectivity index (χ4n) is 2.80. The van der Waals surface area contributed by atoms with Crippen molar-refractivity contribution in [2.45, 2.75) is 25.7 Å². The second-order valence-electron chi connectivity index (χ2n) is 5.73. The van der Waals surface area contributed by atoms with Crippen molar-refractivity contribution in [3.63, 3.8) is 0 Å². The lowest BCUT2D eigenvalue weighted by Gasteiger charge is -2.17. The minimum Gasteiger partial charge on any atom is -0.372 e. The molecule has 1 fully saturated rings. The number of rotatable bonds is 5. The normalized spacial score (nSPS) is 18.0. The van der Waals surface area contributed by atoms with Crippen LogP contribution in [0.1, 0.15) is 23.1 Å². The Morgan fingerprint density at radius 2 is 2.13 bits per heavy atom. The van der Waals surface area contributed by atoms with E-state index in [1.54, 1.807) is 18.5 Å². The number of nitriles is 1. The molecule has 0 saturated carbocycles. The summed E-state index contributed by atoms with van der Waals surface area (Å²) >= 11 is 0. The highest BCUT2D eigenvalue weighted by Crippen LogP contribution is 2.19. The zero-order valence-electron chi connectivity index (χ0n) is 12.8. The molecule has 0 N–H and O–H groups in total. The number of aromatic nitrogens is 1. The predicted octanol–water partition coefficient (Wildman–Crippen LogP) is 2.88. The second-order valence-corrected chi connectivity index (χ2v) is 5.73. The predicted molar refractivity (Wildman–Crippen MR) is 83.8 cm³/mol. The van der Waals surface area contributed by atoms with Crippen LogP contribution in [-0.2, 0) is 17.9 Å². The first-order valence-electron chi connectivity index (χ1n) is 7.66. The van der Waals surface area contributed by atoms with Crippen molar-refractivity contribution in [2.75, 3.05) is 13.1 Å². The zero-order chi connectivity index (χ0) is 16.1. The van der Waals surface area contributed by atoms with Gasteiger partial charge in [0.05, 0.1) is 24.3 Å². The van der Waals surface area contributed by atoms with Crippen LogP contribution in [0.2, 0.25) is 0 Å². The molecule has 0 spiro atoms. The van der Waals surface area contributed by atoms with Crippen molar-refractivity contribution in [2.24, 2.45) is 0 Å². The Kier molecular flexibility index (Phi) is 4.96. The van der Waals surface area contributed by atoms with Crippen LogP contribution in [0.3, 0.4) is 0 Å². The van der Waals surface area contributed by atoms with Gasteiger partial charge < -0.3 is 4.74 Å². The molecule has 0 amide bonds. The Morgan fingerprint density at radius 3 is 2.91 bits per heavy atom. The number of nitrogens with zero attached hydrogens (tertiary/aromatic N) is 3. The van der Waals surface area contributed by atoms with Gasteiger partial charge in [-0.15, -0.1) is 0 Å². The molecular formula is C18H18FN3O. The maximum atomic E-state index is 13.2. The standard InChI is InChI=1S/C18H18FN3O/c19-17-2-1-15(16(9-17)10-20)11-22-8-5-18(12-22)23-13-14-3-6-21-7-4-14/h1-4,6-7,9,18H,5,8,11-13H2. The molecule has 1 aromatic heterocycles. The molecule has 1 atom stereocenters. The third kappa shape index (κ3) is 4.13. The number of hydrogen-bond acceptors (Lipinski definition) is 4. The van der Waals surface area contributed by atoms with Crippen LogP contribution in [0.4, 0.5) is 4.39 Å². The van der Waals surface area contributed by atoms with E-state index in [4.69, 9.17) is 10.00 Å². The SMILES string of the molecule is N#Cc1cc(F)ccc1CN1CCC(OCc2ccncc2)C1. The molecule has 2 aromatic rings. The lowest BCUT2D eigenvalue weighted by molar-refractivity contribution is 0.0461. The summed E-state index contributed by atoms with van der Waals surface area (Å²) in [5, 5.41) is 9.11. The molecule has 1 saturated heterocycles. The molecule has 2 heterocycles. The van der Waals surface area contributed by atoms with Gasteiger partial charge in [-0.05, 0) is 41.8 Å². The molecule has 0 aliphatic carbocycles. The van der Waals surface area contributed by atoms with E-state index in [0.29, 0.717) is 18.7 Å². The van der Waals surface area contributed by atoms with E-state index >= 15 is 0 Å². The van der Waals surface area contributed by atoms with Crippen molar-refractivity contribution in [1.29, 1.82) is 5.26 Å². The van der Waals surface area contributed by atoms with E-state index in [0.717, 1.165) is 30.6 Å². The minimum atomic E-state index is -0.370. The highest BCUT2D eigenvalue weighted by atomic mass is 19.1. The maximum absolute atomic E-state index is 13.2. The third-order valence-corrected chi connectivity index (χ3v) is 4.05. The summed E-state index contributed by atoms with van der Waals surface area (Å²) < 4.78 is 19.1. The lowest BCUT2D eigenvalue weighted by atomic mass is 10.1. The Hall–Kier alpha value is -2.29. The molecule has 0 bridgehead atoms. The van der Waals surface area contributed by atoms with Gasteiger partial charge in [0.15, 0.2) is 0 Å². The number of likely N-dealkylation sites (tertiary alicyclic amines) is 1. The average molecular weight is 311 g/mol. The Balaban J connectivity index is 1.53. The molecule has 1 aliphatic rings. The van der Waals surface area contributed by atoms with Crippen molar-refractivity contribution >= 4 is 0 Å². The fourth-order valence-corrected chi connectivity index (χ4v) is 2.80. The topological polar surface area (TPSA) is 49.2 Å². The molecule has 5 heteroatoms. The first-order valence-corrected chi connectivity index (χ1v) is 7.66. The van der Waals surface area contributed by atoms with Crippen LogP contribution in [0.15, 0.2) is 42.7 Å². The van der Waals surface area contributed by atoms with Gasteiger partial charge in [0.2, 0.25) is 0 Å². The molecule has 3 rings (SSSR count). The number of ether oxygens (including phenoxy) is 1. The van der Waals surface area contributed by atoms with Crippen LogP contribution in [0, 0.1) is 17.1 Å². The molecule has 4 nitrogen and oxygen atoms in total. The summed E-state index contributed by atoms with van der Waals surface area (Å²) in [7, 11) is 0. The number of pyridine rings is 1. The Labute approximate surface area is 135 Å². The fraction of sp³-hybridized carbons (Fsp3) is 0.333. The van der Waals surface area contributed by atoms with Gasteiger partial charge in [-0.25, -0.2) is 4.39 Å². The summed E-state index contributed by atoms with van der Waals surface area (Å²) in [5.41, 5.74) is 2.39. The Bertz CT molecular complexity index is 699. The van der Waals surface area contributed by atoms with E-state index in [-0.39, 0.29) is 11.9 Å².